The van der Waals surface area contributed by atoms with Gasteiger partial charge in [-0.15, -0.1) is 0 Å². The second kappa shape index (κ2) is 8.32. The Labute approximate surface area is 153 Å². The Balaban J connectivity index is 1.62. The van der Waals surface area contributed by atoms with Gasteiger partial charge in [0.15, 0.2) is 0 Å². The standard InChI is InChI=1S/C21H22ClNO2/c22-19-3-1-2-15(13-19)4-5-16-6-7-18-14-20(9-8-17(18)12-16)23-11-10-21(24)25/h1-7,12-13,20,23H,8-11,14H2,(H,24,25). The van der Waals surface area contributed by atoms with Crippen molar-refractivity contribution in [2.75, 3.05) is 6.54 Å². The summed E-state index contributed by atoms with van der Waals surface area (Å²) in [5, 5.41) is 12.8. The molecule has 0 aliphatic heterocycles. The van der Waals surface area contributed by atoms with E-state index in [4.69, 9.17) is 16.7 Å². The van der Waals surface area contributed by atoms with Crippen molar-refractivity contribution in [3.8, 4) is 0 Å². The molecule has 0 bridgehead atoms. The van der Waals surface area contributed by atoms with E-state index in [0.717, 1.165) is 29.8 Å². The van der Waals surface area contributed by atoms with Crippen molar-refractivity contribution in [3.63, 3.8) is 0 Å². The second-order valence-electron chi connectivity index (χ2n) is 6.45. The van der Waals surface area contributed by atoms with E-state index in [1.54, 1.807) is 0 Å². The summed E-state index contributed by atoms with van der Waals surface area (Å²) in [6.07, 6.45) is 7.41. The summed E-state index contributed by atoms with van der Waals surface area (Å²) in [6, 6.07) is 14.8. The molecule has 3 rings (SSSR count). The average molecular weight is 356 g/mol. The Kier molecular flexibility index (Phi) is 5.90. The van der Waals surface area contributed by atoms with Crippen LogP contribution in [0.5, 0.6) is 0 Å². The molecule has 2 N–H and O–H groups in total. The number of aliphatic carboxylic acids is 1. The first-order valence-electron chi connectivity index (χ1n) is 8.61. The first-order valence-corrected chi connectivity index (χ1v) is 8.98. The molecule has 3 nitrogen and oxygen atoms in total. The highest BCUT2D eigenvalue weighted by Gasteiger charge is 2.18. The van der Waals surface area contributed by atoms with Crippen LogP contribution in [0.1, 0.15) is 35.1 Å². The first kappa shape index (κ1) is 17.7. The summed E-state index contributed by atoms with van der Waals surface area (Å²) in [5.41, 5.74) is 5.03. The van der Waals surface area contributed by atoms with Crippen molar-refractivity contribution in [2.24, 2.45) is 0 Å². The van der Waals surface area contributed by atoms with E-state index in [1.807, 2.05) is 24.3 Å². The van der Waals surface area contributed by atoms with Crippen LogP contribution in [0.15, 0.2) is 42.5 Å². The number of hydrogen-bond donors (Lipinski definition) is 2. The third kappa shape index (κ3) is 5.18. The van der Waals surface area contributed by atoms with Crippen LogP contribution in [0.25, 0.3) is 12.2 Å². The lowest BCUT2D eigenvalue weighted by Crippen LogP contribution is -2.35. The number of fused-ring (bicyclic) bond motifs is 1. The topological polar surface area (TPSA) is 49.3 Å². The predicted octanol–water partition coefficient (Wildman–Crippen LogP) is 4.43. The lowest BCUT2D eigenvalue weighted by atomic mass is 9.87. The number of nitrogens with one attached hydrogen (secondary N) is 1. The predicted molar refractivity (Wildman–Crippen MR) is 103 cm³/mol. The van der Waals surface area contributed by atoms with E-state index in [9.17, 15) is 4.79 Å². The molecule has 4 heteroatoms. The second-order valence-corrected chi connectivity index (χ2v) is 6.89. The minimum Gasteiger partial charge on any atom is -0.481 e. The number of carboxylic acids is 1. The van der Waals surface area contributed by atoms with Gasteiger partial charge in [-0.05, 0) is 53.6 Å². The molecule has 0 spiro atoms. The Morgan fingerprint density at radius 1 is 1.16 bits per heavy atom. The average Bonchev–Trinajstić information content (AvgIpc) is 2.59. The lowest BCUT2D eigenvalue weighted by molar-refractivity contribution is -0.136. The molecule has 1 aliphatic rings. The van der Waals surface area contributed by atoms with Crippen LogP contribution >= 0.6 is 11.6 Å². The SMILES string of the molecule is O=C(O)CCNC1CCc2cc(C=Cc3cccc(Cl)c3)ccc2C1. The number of carboxylic acid groups (broad SMARTS) is 1. The number of aryl methyl sites for hydroxylation is 1. The van der Waals surface area contributed by atoms with Crippen LogP contribution in [-0.2, 0) is 17.6 Å². The zero-order valence-corrected chi connectivity index (χ0v) is 14.8. The first-order chi connectivity index (χ1) is 12.1. The van der Waals surface area contributed by atoms with E-state index < -0.39 is 5.97 Å². The molecule has 0 amide bonds. The molecule has 25 heavy (non-hydrogen) atoms. The highest BCUT2D eigenvalue weighted by Crippen LogP contribution is 2.24. The molecular formula is C21H22ClNO2. The van der Waals surface area contributed by atoms with Crippen LogP contribution in [0, 0.1) is 0 Å². The van der Waals surface area contributed by atoms with Crippen LogP contribution in [0.2, 0.25) is 5.02 Å². The fraction of sp³-hybridized carbons (Fsp3) is 0.286. The van der Waals surface area contributed by atoms with Gasteiger partial charge in [-0.25, -0.2) is 0 Å². The van der Waals surface area contributed by atoms with Gasteiger partial charge >= 0.3 is 5.97 Å². The molecule has 130 valence electrons. The van der Waals surface area contributed by atoms with Crippen molar-refractivity contribution in [1.82, 2.24) is 5.32 Å². The van der Waals surface area contributed by atoms with Gasteiger partial charge in [-0.2, -0.15) is 0 Å². The maximum absolute atomic E-state index is 10.6. The Hall–Kier alpha value is -2.10. The monoisotopic (exact) mass is 355 g/mol. The Morgan fingerprint density at radius 2 is 1.96 bits per heavy atom. The van der Waals surface area contributed by atoms with Gasteiger partial charge in [-0.3, -0.25) is 4.79 Å². The highest BCUT2D eigenvalue weighted by atomic mass is 35.5. The normalized spacial score (nSPS) is 16.8. The van der Waals surface area contributed by atoms with Crippen molar-refractivity contribution in [1.29, 1.82) is 0 Å². The van der Waals surface area contributed by atoms with Crippen LogP contribution in [0.4, 0.5) is 0 Å². The van der Waals surface area contributed by atoms with Crippen LogP contribution in [0.3, 0.4) is 0 Å². The summed E-state index contributed by atoms with van der Waals surface area (Å²) >= 11 is 6.02. The molecule has 2 aromatic rings. The summed E-state index contributed by atoms with van der Waals surface area (Å²) in [6.45, 7) is 0.537. The highest BCUT2D eigenvalue weighted by molar-refractivity contribution is 6.30. The molecule has 0 fully saturated rings. The van der Waals surface area contributed by atoms with Gasteiger partial charge in [0.05, 0.1) is 6.42 Å². The fourth-order valence-electron chi connectivity index (χ4n) is 3.24. The third-order valence-corrected chi connectivity index (χ3v) is 4.78. The van der Waals surface area contributed by atoms with Gasteiger partial charge in [-0.1, -0.05) is 54.1 Å². The van der Waals surface area contributed by atoms with Gasteiger partial charge in [0.2, 0.25) is 0 Å². The molecule has 0 heterocycles. The number of benzene rings is 2. The van der Waals surface area contributed by atoms with Crippen molar-refractivity contribution >= 4 is 29.7 Å². The fourth-order valence-corrected chi connectivity index (χ4v) is 3.44. The van der Waals surface area contributed by atoms with Gasteiger partial charge < -0.3 is 10.4 Å². The maximum Gasteiger partial charge on any atom is 0.304 e. The van der Waals surface area contributed by atoms with E-state index in [-0.39, 0.29) is 6.42 Å². The number of hydrogen-bond acceptors (Lipinski definition) is 2. The third-order valence-electron chi connectivity index (χ3n) is 4.55. The maximum atomic E-state index is 10.6. The molecule has 0 aromatic heterocycles. The molecule has 2 aromatic carbocycles. The molecule has 1 atom stereocenters. The smallest absolute Gasteiger partial charge is 0.304 e. The van der Waals surface area contributed by atoms with Gasteiger partial charge in [0.1, 0.15) is 0 Å². The van der Waals surface area contributed by atoms with Gasteiger partial charge in [0.25, 0.3) is 0 Å². The summed E-state index contributed by atoms with van der Waals surface area (Å²) in [7, 11) is 0. The van der Waals surface area contributed by atoms with E-state index >= 15 is 0 Å². The molecule has 0 saturated heterocycles. The Morgan fingerprint density at radius 3 is 2.72 bits per heavy atom. The minimum atomic E-state index is -0.750. The molecule has 0 saturated carbocycles. The molecule has 1 unspecified atom stereocenters. The van der Waals surface area contributed by atoms with Crippen LogP contribution < -0.4 is 5.32 Å². The Bertz CT molecular complexity index is 785. The van der Waals surface area contributed by atoms with Crippen molar-refractivity contribution < 1.29 is 9.90 Å². The molecular weight excluding hydrogens is 334 g/mol. The quantitative estimate of drug-likeness (QED) is 0.753. The minimum absolute atomic E-state index is 0.177. The number of halogens is 1. The zero-order chi connectivity index (χ0) is 17.6. The molecule has 0 radical (unpaired) electrons. The van der Waals surface area contributed by atoms with Gasteiger partial charge in [0, 0.05) is 17.6 Å². The van der Waals surface area contributed by atoms with E-state index in [2.05, 4.69) is 35.7 Å². The zero-order valence-electron chi connectivity index (χ0n) is 14.0. The van der Waals surface area contributed by atoms with E-state index in [0.29, 0.717) is 12.6 Å². The summed E-state index contributed by atoms with van der Waals surface area (Å²) in [5.74, 6) is -0.750. The lowest BCUT2D eigenvalue weighted by Gasteiger charge is -2.25. The number of rotatable bonds is 6. The summed E-state index contributed by atoms with van der Waals surface area (Å²) < 4.78 is 0. The van der Waals surface area contributed by atoms with Crippen molar-refractivity contribution in [3.05, 3.63) is 69.7 Å². The molecule has 1 aliphatic carbocycles. The van der Waals surface area contributed by atoms with Crippen LogP contribution in [-0.4, -0.2) is 23.7 Å². The largest absolute Gasteiger partial charge is 0.481 e. The van der Waals surface area contributed by atoms with Crippen molar-refractivity contribution in [2.45, 2.75) is 31.7 Å². The number of carbonyl (C=O) groups is 1. The summed E-state index contributed by atoms with van der Waals surface area (Å²) in [4.78, 5) is 10.6. The van der Waals surface area contributed by atoms with E-state index in [1.165, 1.54) is 16.7 Å².